The second-order valence-electron chi connectivity index (χ2n) is 12.2. The maximum Gasteiger partial charge on any atom is 0.293 e. The molecule has 0 N–H and O–H groups in total. The summed E-state index contributed by atoms with van der Waals surface area (Å²) in [5, 5.41) is 13.1. The van der Waals surface area contributed by atoms with Crippen LogP contribution in [-0.4, -0.2) is 22.5 Å². The average Bonchev–Trinajstić information content (AvgIpc) is 3.61. The number of para-hydroxylation sites is 2. The Bertz CT molecular complexity index is 2080. The molecule has 5 aromatic rings. The zero-order valence-corrected chi connectivity index (χ0v) is 26.6. The fraction of sp³-hybridized carbons (Fsp3) is 0.103. The number of carbonyl (C=O) groups is 3. The Morgan fingerprint density at radius 2 is 0.958 bits per heavy atom. The molecular formula is C39H24Cl2N2O5. The molecule has 48 heavy (non-hydrogen) atoms. The highest BCUT2D eigenvalue weighted by atomic mass is 35.5. The number of hydrogen-bond donors (Lipinski definition) is 0. The number of nitro benzene ring substituents is 1. The molecule has 0 radical (unpaired) electrons. The number of fused-ring (bicyclic) bond motifs is 5. The molecule has 9 heteroatoms. The molecule has 3 aliphatic rings. The molecule has 8 rings (SSSR count). The lowest BCUT2D eigenvalue weighted by Gasteiger charge is -2.39. The van der Waals surface area contributed by atoms with Gasteiger partial charge in [0.25, 0.3) is 5.69 Å². The van der Waals surface area contributed by atoms with Gasteiger partial charge < -0.3 is 0 Å². The van der Waals surface area contributed by atoms with Crippen LogP contribution in [0.2, 0.25) is 10.0 Å². The number of halogens is 2. The van der Waals surface area contributed by atoms with Crippen LogP contribution in [0.4, 0.5) is 11.4 Å². The van der Waals surface area contributed by atoms with Crippen LogP contribution in [0.15, 0.2) is 133 Å². The Labute approximate surface area is 285 Å². The van der Waals surface area contributed by atoms with Gasteiger partial charge in [0.15, 0.2) is 5.78 Å². The Morgan fingerprint density at radius 3 is 1.38 bits per heavy atom. The number of anilines is 1. The van der Waals surface area contributed by atoms with Crippen LogP contribution in [0.25, 0.3) is 11.1 Å². The number of hydrogen-bond acceptors (Lipinski definition) is 5. The van der Waals surface area contributed by atoms with Crippen molar-refractivity contribution in [1.29, 1.82) is 0 Å². The van der Waals surface area contributed by atoms with Gasteiger partial charge in [0.1, 0.15) is 5.69 Å². The van der Waals surface area contributed by atoms with Gasteiger partial charge in [-0.05, 0) is 63.7 Å². The molecule has 0 spiro atoms. The first kappa shape index (κ1) is 30.0. The number of carbonyl (C=O) groups excluding carboxylic acids is 3. The lowest BCUT2D eigenvalue weighted by molar-refractivity contribution is -0.384. The number of benzene rings is 5. The zero-order chi connectivity index (χ0) is 33.4. The second kappa shape index (κ2) is 10.8. The molecule has 1 aliphatic heterocycles. The van der Waals surface area contributed by atoms with E-state index in [1.54, 1.807) is 54.6 Å². The highest BCUT2D eigenvalue weighted by Gasteiger charge is 2.83. The molecule has 5 aromatic carbocycles. The van der Waals surface area contributed by atoms with Gasteiger partial charge in [-0.25, -0.2) is 4.90 Å². The lowest BCUT2D eigenvalue weighted by atomic mass is 9.59. The third-order valence-electron chi connectivity index (χ3n) is 10.0. The summed E-state index contributed by atoms with van der Waals surface area (Å²) in [6.45, 7) is 0. The van der Waals surface area contributed by atoms with Crippen molar-refractivity contribution in [3.63, 3.8) is 0 Å². The molecule has 1 saturated heterocycles. The zero-order valence-electron chi connectivity index (χ0n) is 25.0. The Morgan fingerprint density at radius 1 is 0.562 bits per heavy atom. The number of imide groups is 1. The highest BCUT2D eigenvalue weighted by molar-refractivity contribution is 6.39. The van der Waals surface area contributed by atoms with Crippen LogP contribution in [-0.2, 0) is 25.2 Å². The second-order valence-corrected chi connectivity index (χ2v) is 13.0. The predicted octanol–water partition coefficient (Wildman–Crippen LogP) is 8.09. The van der Waals surface area contributed by atoms with Gasteiger partial charge in [-0.2, -0.15) is 0 Å². The van der Waals surface area contributed by atoms with Crippen LogP contribution >= 0.6 is 23.2 Å². The van der Waals surface area contributed by atoms with Gasteiger partial charge in [0.05, 0.1) is 27.6 Å². The van der Waals surface area contributed by atoms with Crippen LogP contribution in [0, 0.1) is 22.0 Å². The summed E-state index contributed by atoms with van der Waals surface area (Å²) in [6.07, 6.45) is 0. The monoisotopic (exact) mass is 670 g/mol. The molecule has 2 amide bonds. The summed E-state index contributed by atoms with van der Waals surface area (Å²) >= 11 is 12.8. The first-order valence-electron chi connectivity index (χ1n) is 15.3. The molecule has 2 aliphatic carbocycles. The summed E-state index contributed by atoms with van der Waals surface area (Å²) in [4.78, 5) is 58.6. The number of rotatable bonds is 6. The van der Waals surface area contributed by atoms with Crippen LogP contribution in [0.5, 0.6) is 0 Å². The quantitative estimate of drug-likeness (QED) is 0.103. The Kier molecular flexibility index (Phi) is 6.77. The van der Waals surface area contributed by atoms with Gasteiger partial charge >= 0.3 is 0 Å². The van der Waals surface area contributed by atoms with Crippen molar-refractivity contribution in [2.75, 3.05) is 4.90 Å². The molecule has 4 atom stereocenters. The van der Waals surface area contributed by atoms with Crippen LogP contribution in [0.1, 0.15) is 22.3 Å². The lowest BCUT2D eigenvalue weighted by Crippen LogP contribution is -2.45. The molecule has 2 fully saturated rings. The molecule has 234 valence electrons. The van der Waals surface area contributed by atoms with Crippen molar-refractivity contribution in [1.82, 2.24) is 0 Å². The number of Topliss-reactive ketones (excluding diaryl/α,β-unsaturated/α-hetero) is 1. The van der Waals surface area contributed by atoms with E-state index in [-0.39, 0.29) is 11.5 Å². The molecular weight excluding hydrogens is 647 g/mol. The minimum absolute atomic E-state index is 0.140. The first-order chi connectivity index (χ1) is 23.2. The van der Waals surface area contributed by atoms with Crippen molar-refractivity contribution in [2.45, 2.75) is 10.8 Å². The predicted molar refractivity (Wildman–Crippen MR) is 184 cm³/mol. The summed E-state index contributed by atoms with van der Waals surface area (Å²) in [7, 11) is 0. The smallest absolute Gasteiger partial charge is 0.293 e. The van der Waals surface area contributed by atoms with Gasteiger partial charge in [-0.1, -0.05) is 120 Å². The van der Waals surface area contributed by atoms with Crippen LogP contribution in [0.3, 0.4) is 0 Å². The fourth-order valence-corrected chi connectivity index (χ4v) is 8.65. The van der Waals surface area contributed by atoms with Gasteiger partial charge in [0, 0.05) is 16.1 Å². The van der Waals surface area contributed by atoms with E-state index >= 15 is 14.4 Å². The van der Waals surface area contributed by atoms with Crippen molar-refractivity contribution in [2.24, 2.45) is 11.8 Å². The molecule has 2 bridgehead atoms. The SMILES string of the molecule is O=C1[C@H]2[C@H](C(=O)N1c1ccccc1[N+](=O)[O-])[C@@]1(c3ccc(Cl)cc3)C(=O)[C@@]2(c2ccc(Cl)cc2)C(c2ccccc2)=C1c1ccccc1. The average molecular weight is 672 g/mol. The Hall–Kier alpha value is -5.37. The molecule has 1 saturated carbocycles. The third kappa shape index (κ3) is 3.80. The van der Waals surface area contributed by atoms with Crippen LogP contribution < -0.4 is 4.90 Å². The van der Waals surface area contributed by atoms with E-state index in [1.807, 2.05) is 60.7 Å². The van der Waals surface area contributed by atoms with Crippen molar-refractivity contribution in [3.8, 4) is 0 Å². The Balaban J connectivity index is 1.56. The van der Waals surface area contributed by atoms with E-state index in [0.717, 1.165) is 4.90 Å². The minimum atomic E-state index is -1.67. The number of nitro groups is 1. The van der Waals surface area contributed by atoms with E-state index in [9.17, 15) is 10.1 Å². The normalized spacial score (nSPS) is 24.4. The summed E-state index contributed by atoms with van der Waals surface area (Å²) in [5.41, 5.74) is -0.268. The van der Waals surface area contributed by atoms with Crippen molar-refractivity contribution < 1.29 is 19.3 Å². The number of nitrogens with zero attached hydrogens (tertiary/aromatic N) is 2. The topological polar surface area (TPSA) is 97.6 Å². The summed E-state index contributed by atoms with van der Waals surface area (Å²) in [5.74, 6) is -4.16. The maximum atomic E-state index is 15.9. The van der Waals surface area contributed by atoms with Crippen molar-refractivity contribution in [3.05, 3.63) is 176 Å². The fourth-order valence-electron chi connectivity index (χ4n) is 8.40. The summed E-state index contributed by atoms with van der Waals surface area (Å²) < 4.78 is 0. The van der Waals surface area contributed by atoms with E-state index in [4.69, 9.17) is 23.2 Å². The largest absolute Gasteiger partial charge is 0.297 e. The maximum absolute atomic E-state index is 15.9. The number of ketones is 1. The van der Waals surface area contributed by atoms with Gasteiger partial charge in [-0.15, -0.1) is 0 Å². The molecule has 0 aromatic heterocycles. The van der Waals surface area contributed by atoms with E-state index in [0.29, 0.717) is 43.4 Å². The van der Waals surface area contributed by atoms with Gasteiger partial charge in [0.2, 0.25) is 11.8 Å². The van der Waals surface area contributed by atoms with Gasteiger partial charge in [-0.3, -0.25) is 24.5 Å². The van der Waals surface area contributed by atoms with E-state index in [2.05, 4.69) is 0 Å². The standard InChI is InChI=1S/C39H24Cl2N2O5/c40-27-19-15-25(16-20-27)38-31(23-9-3-1-4-10-23)32(24-11-5-2-6-12-24)39(37(38)46,26-17-21-28(41)22-18-26)34-33(38)35(44)42(36(34)45)29-13-7-8-14-30(29)43(47)48/h1-22,33-34H/t33-,34-,38+,39+/m1/s1. The first-order valence-corrected chi connectivity index (χ1v) is 16.0. The molecule has 0 unspecified atom stereocenters. The third-order valence-corrected chi connectivity index (χ3v) is 10.5. The number of allylic oxidation sites excluding steroid dienone is 2. The molecule has 1 heterocycles. The highest BCUT2D eigenvalue weighted by Crippen LogP contribution is 2.74. The minimum Gasteiger partial charge on any atom is -0.297 e. The van der Waals surface area contributed by atoms with E-state index < -0.39 is 45.1 Å². The number of amides is 2. The van der Waals surface area contributed by atoms with Crippen molar-refractivity contribution >= 4 is 63.3 Å². The molecule has 7 nitrogen and oxygen atoms in total. The van der Waals surface area contributed by atoms with E-state index in [1.165, 1.54) is 18.2 Å². The summed E-state index contributed by atoms with van der Waals surface area (Å²) in [6, 6.07) is 38.1.